The van der Waals surface area contributed by atoms with Gasteiger partial charge >= 0.3 is 0 Å². The number of alkyl halides is 1. The van der Waals surface area contributed by atoms with Crippen LogP contribution in [0.3, 0.4) is 0 Å². The predicted octanol–water partition coefficient (Wildman–Crippen LogP) is 2.61. The summed E-state index contributed by atoms with van der Waals surface area (Å²) in [5.41, 5.74) is 0. The van der Waals surface area contributed by atoms with E-state index in [1.807, 2.05) is 26.0 Å². The Morgan fingerprint density at radius 1 is 1.56 bits per heavy atom. The van der Waals surface area contributed by atoms with E-state index in [-0.39, 0.29) is 0 Å². The second-order valence-corrected chi connectivity index (χ2v) is 1.95. The Labute approximate surface area is 66.2 Å². The molecule has 0 saturated carbocycles. The molecule has 0 aromatic carbocycles. The summed E-state index contributed by atoms with van der Waals surface area (Å²) < 4.78 is 4.54. The fourth-order valence-electron chi connectivity index (χ4n) is 0.0891. The molecular weight excluding hydrogens is 180 g/mol. The van der Waals surface area contributed by atoms with Crippen LogP contribution < -0.4 is 0 Å². The lowest BCUT2D eigenvalue weighted by Gasteiger charge is -1.76. The minimum atomic E-state index is 0.819. The minimum absolute atomic E-state index is 0.819. The van der Waals surface area contributed by atoms with Crippen molar-refractivity contribution in [2.45, 2.75) is 13.8 Å². The summed E-state index contributed by atoms with van der Waals surface area (Å²) in [5, 5.41) is 0.976. The van der Waals surface area contributed by atoms with Gasteiger partial charge in [0, 0.05) is 19.0 Å². The molecule has 1 nitrogen and oxygen atoms in total. The van der Waals surface area contributed by atoms with Crippen molar-refractivity contribution in [1.82, 2.24) is 0 Å². The summed E-state index contributed by atoms with van der Waals surface area (Å²) in [6, 6.07) is 0. The standard InChI is InChI=1S/C4H7Br.C3H8O/c1-2-3-4-5;1-3-4-2/h2-3H,4H2,1H3;3H2,1-2H3/b3-2+;. The van der Waals surface area contributed by atoms with E-state index in [4.69, 9.17) is 0 Å². The molecule has 0 saturated heterocycles. The molecule has 0 bridgehead atoms. The number of hydrogen-bond acceptors (Lipinski definition) is 1. The number of hydrogen-bond donors (Lipinski definition) is 0. The molecule has 56 valence electrons. The van der Waals surface area contributed by atoms with Gasteiger partial charge in [-0.3, -0.25) is 0 Å². The Morgan fingerprint density at radius 2 is 2.00 bits per heavy atom. The molecule has 0 N–H and O–H groups in total. The molecular formula is C7H15BrO. The van der Waals surface area contributed by atoms with Crippen molar-refractivity contribution < 1.29 is 4.74 Å². The van der Waals surface area contributed by atoms with Crippen molar-refractivity contribution in [1.29, 1.82) is 0 Å². The molecule has 0 rings (SSSR count). The zero-order chi connectivity index (χ0) is 7.54. The van der Waals surface area contributed by atoms with Crippen LogP contribution in [0, 0.1) is 0 Å². The van der Waals surface area contributed by atoms with Gasteiger partial charge in [0.15, 0.2) is 0 Å². The first kappa shape index (κ1) is 11.9. The maximum atomic E-state index is 4.54. The number of allylic oxidation sites excluding steroid dienone is 2. The quantitative estimate of drug-likeness (QED) is 0.486. The summed E-state index contributed by atoms with van der Waals surface area (Å²) in [7, 11) is 1.68. The Bertz CT molecular complexity index is 50.9. The van der Waals surface area contributed by atoms with Gasteiger partial charge in [-0.1, -0.05) is 28.1 Å². The van der Waals surface area contributed by atoms with Gasteiger partial charge in [0.1, 0.15) is 0 Å². The normalized spacial score (nSPS) is 8.89. The number of methoxy groups -OCH3 is 1. The van der Waals surface area contributed by atoms with E-state index in [1.165, 1.54) is 0 Å². The first-order chi connectivity index (χ1) is 4.33. The van der Waals surface area contributed by atoms with E-state index in [1.54, 1.807) is 7.11 Å². The fourth-order valence-corrected chi connectivity index (χ4v) is 0.463. The minimum Gasteiger partial charge on any atom is -0.385 e. The Kier molecular flexibility index (Phi) is 20.8. The number of halogens is 1. The summed E-state index contributed by atoms with van der Waals surface area (Å²) in [6.45, 7) is 4.78. The lowest BCUT2D eigenvalue weighted by molar-refractivity contribution is 0.215. The highest BCUT2D eigenvalue weighted by Crippen LogP contribution is 1.77. The molecule has 0 unspecified atom stereocenters. The van der Waals surface area contributed by atoms with E-state index in [2.05, 4.69) is 20.7 Å². The molecule has 0 amide bonds. The second-order valence-electron chi connectivity index (χ2n) is 1.30. The van der Waals surface area contributed by atoms with Crippen molar-refractivity contribution in [2.75, 3.05) is 19.0 Å². The molecule has 0 aliphatic carbocycles. The molecule has 0 radical (unpaired) electrons. The maximum absolute atomic E-state index is 4.54. The summed E-state index contributed by atoms with van der Waals surface area (Å²) >= 11 is 3.22. The van der Waals surface area contributed by atoms with Gasteiger partial charge in [-0.25, -0.2) is 0 Å². The molecule has 0 fully saturated rings. The predicted molar refractivity (Wildman–Crippen MR) is 46.2 cm³/mol. The zero-order valence-electron chi connectivity index (χ0n) is 6.36. The average Bonchev–Trinajstić information content (AvgIpc) is 1.91. The van der Waals surface area contributed by atoms with Crippen LogP contribution >= 0.6 is 15.9 Å². The van der Waals surface area contributed by atoms with Crippen LogP contribution in [0.15, 0.2) is 12.2 Å². The topological polar surface area (TPSA) is 9.23 Å². The molecule has 0 aliphatic rings. The van der Waals surface area contributed by atoms with E-state index >= 15 is 0 Å². The van der Waals surface area contributed by atoms with E-state index in [0.29, 0.717) is 0 Å². The van der Waals surface area contributed by atoms with E-state index in [0.717, 1.165) is 11.9 Å². The Balaban J connectivity index is 0. The van der Waals surface area contributed by atoms with E-state index in [9.17, 15) is 0 Å². The monoisotopic (exact) mass is 194 g/mol. The molecule has 0 atom stereocenters. The van der Waals surface area contributed by atoms with Crippen LogP contribution in [-0.4, -0.2) is 19.0 Å². The number of ether oxygens (including phenoxy) is 1. The van der Waals surface area contributed by atoms with Crippen molar-refractivity contribution >= 4 is 15.9 Å². The third-order valence-electron chi connectivity index (χ3n) is 0.613. The Morgan fingerprint density at radius 3 is 2.00 bits per heavy atom. The zero-order valence-corrected chi connectivity index (χ0v) is 7.94. The van der Waals surface area contributed by atoms with Gasteiger partial charge in [0.25, 0.3) is 0 Å². The van der Waals surface area contributed by atoms with Crippen LogP contribution in [0.1, 0.15) is 13.8 Å². The van der Waals surface area contributed by atoms with Crippen LogP contribution in [-0.2, 0) is 4.74 Å². The Hall–Kier alpha value is 0.180. The summed E-state index contributed by atoms with van der Waals surface area (Å²) in [6.07, 6.45) is 4.05. The molecule has 0 aliphatic heterocycles. The van der Waals surface area contributed by atoms with Gasteiger partial charge in [-0.2, -0.15) is 0 Å². The van der Waals surface area contributed by atoms with Crippen molar-refractivity contribution in [3.8, 4) is 0 Å². The van der Waals surface area contributed by atoms with Gasteiger partial charge in [0.05, 0.1) is 0 Å². The first-order valence-electron chi connectivity index (χ1n) is 2.99. The van der Waals surface area contributed by atoms with E-state index < -0.39 is 0 Å². The largest absolute Gasteiger partial charge is 0.385 e. The third-order valence-corrected chi connectivity index (χ3v) is 0.987. The number of rotatable bonds is 2. The molecule has 0 heterocycles. The fraction of sp³-hybridized carbons (Fsp3) is 0.714. The van der Waals surface area contributed by atoms with Gasteiger partial charge in [-0.05, 0) is 13.8 Å². The lowest BCUT2D eigenvalue weighted by atomic mass is 10.6. The van der Waals surface area contributed by atoms with Gasteiger partial charge in [0.2, 0.25) is 0 Å². The summed E-state index contributed by atoms with van der Waals surface area (Å²) in [4.78, 5) is 0. The van der Waals surface area contributed by atoms with Gasteiger partial charge < -0.3 is 4.74 Å². The summed E-state index contributed by atoms with van der Waals surface area (Å²) in [5.74, 6) is 0. The lowest BCUT2D eigenvalue weighted by Crippen LogP contribution is -1.73. The highest BCUT2D eigenvalue weighted by atomic mass is 79.9. The van der Waals surface area contributed by atoms with Crippen LogP contribution in [0.25, 0.3) is 0 Å². The first-order valence-corrected chi connectivity index (χ1v) is 4.11. The molecule has 9 heavy (non-hydrogen) atoms. The highest BCUT2D eigenvalue weighted by Gasteiger charge is 1.54. The smallest absolute Gasteiger partial charge is 0.0433 e. The second kappa shape index (κ2) is 15.7. The highest BCUT2D eigenvalue weighted by molar-refractivity contribution is 9.09. The van der Waals surface area contributed by atoms with Gasteiger partial charge in [-0.15, -0.1) is 0 Å². The molecule has 0 aromatic heterocycles. The molecule has 0 spiro atoms. The molecule has 2 heteroatoms. The molecule has 0 aromatic rings. The maximum Gasteiger partial charge on any atom is 0.0433 e. The van der Waals surface area contributed by atoms with Crippen LogP contribution in [0.2, 0.25) is 0 Å². The average molecular weight is 195 g/mol. The van der Waals surface area contributed by atoms with Crippen molar-refractivity contribution in [3.05, 3.63) is 12.2 Å². The van der Waals surface area contributed by atoms with Crippen LogP contribution in [0.4, 0.5) is 0 Å². The van der Waals surface area contributed by atoms with Crippen molar-refractivity contribution in [2.24, 2.45) is 0 Å². The SMILES string of the molecule is C/C=C/CBr.CCOC. The van der Waals surface area contributed by atoms with Crippen LogP contribution in [0.5, 0.6) is 0 Å². The third kappa shape index (κ3) is 30.9. The van der Waals surface area contributed by atoms with Crippen molar-refractivity contribution in [3.63, 3.8) is 0 Å².